The Morgan fingerprint density at radius 2 is 1.85 bits per heavy atom. The molecule has 8 atom stereocenters. The quantitative estimate of drug-likeness (QED) is 0.0938. The summed E-state index contributed by atoms with van der Waals surface area (Å²) in [5, 5.41) is 20.9. The number of hydrogen-bond acceptors (Lipinski definition) is 12. The van der Waals surface area contributed by atoms with Crippen LogP contribution in [0.5, 0.6) is 0 Å². The first-order valence-corrected chi connectivity index (χ1v) is 15.9. The number of nitrogens with zero attached hydrogens (tertiary/aromatic N) is 1. The summed E-state index contributed by atoms with van der Waals surface area (Å²) in [6.45, 7) is 5.53. The van der Waals surface area contributed by atoms with Gasteiger partial charge >= 0.3 is 12.1 Å². The summed E-state index contributed by atoms with van der Waals surface area (Å²) >= 11 is 0. The van der Waals surface area contributed by atoms with Gasteiger partial charge < -0.3 is 28.9 Å². The van der Waals surface area contributed by atoms with E-state index in [0.717, 1.165) is 0 Å². The van der Waals surface area contributed by atoms with Crippen LogP contribution in [0.4, 0.5) is 9.18 Å². The third kappa shape index (κ3) is 6.05. The monoisotopic (exact) mass is 653 g/mol. The molecule has 2 saturated carbocycles. The van der Waals surface area contributed by atoms with Crippen LogP contribution in [0.3, 0.4) is 0 Å². The number of carbonyl (C=O) groups is 4. The highest BCUT2D eigenvalue weighted by Gasteiger charge is 2.77. The highest BCUT2D eigenvalue weighted by atomic mass is 19.1. The summed E-state index contributed by atoms with van der Waals surface area (Å²) in [5.74, 6) is -3.29. The number of rotatable bonds is 14. The molecule has 0 aromatic rings. The molecule has 0 aromatic heterocycles. The lowest BCUT2D eigenvalue weighted by molar-refractivity contribution is -0.758. The topological polar surface area (TPSA) is 178 Å². The van der Waals surface area contributed by atoms with Gasteiger partial charge in [-0.3, -0.25) is 14.4 Å². The summed E-state index contributed by atoms with van der Waals surface area (Å²) in [7, 11) is 0. The highest BCUT2D eigenvalue weighted by Crippen LogP contribution is 2.71. The van der Waals surface area contributed by atoms with E-state index in [4.69, 9.17) is 18.9 Å². The number of fused-ring (bicyclic) bond motifs is 5. The SMILES string of the molecule is CCCCC(=O)O[C@]1(C(=O)COC(=O)OCCOCCO[N+](=O)[O-])[C@@H](C)C[C@H]2C3CC=C4CC(=O)C=C[C@]4(C)[C@@]3(F)[C@@H](O)C[C@@]21C. The molecule has 256 valence electrons. The molecule has 14 heteroatoms. The predicted molar refractivity (Wildman–Crippen MR) is 157 cm³/mol. The van der Waals surface area contributed by atoms with Crippen LogP contribution in [0, 0.1) is 38.7 Å². The Bertz CT molecular complexity index is 1290. The van der Waals surface area contributed by atoms with Crippen molar-refractivity contribution in [2.45, 2.75) is 90.0 Å². The fourth-order valence-corrected chi connectivity index (χ4v) is 8.59. The summed E-state index contributed by atoms with van der Waals surface area (Å²) in [5.41, 5.74) is -5.77. The molecule has 4 aliphatic rings. The first-order chi connectivity index (χ1) is 21.7. The zero-order valence-corrected chi connectivity index (χ0v) is 26.8. The van der Waals surface area contributed by atoms with Gasteiger partial charge in [0.15, 0.2) is 23.7 Å². The van der Waals surface area contributed by atoms with E-state index in [9.17, 15) is 34.4 Å². The Morgan fingerprint density at radius 3 is 2.54 bits per heavy atom. The van der Waals surface area contributed by atoms with Gasteiger partial charge in [-0.05, 0) is 44.6 Å². The zero-order chi connectivity index (χ0) is 33.9. The molecule has 4 aliphatic carbocycles. The summed E-state index contributed by atoms with van der Waals surface area (Å²) in [6, 6.07) is 0. The molecule has 4 rings (SSSR count). The lowest BCUT2D eigenvalue weighted by atomic mass is 9.45. The van der Waals surface area contributed by atoms with E-state index in [1.807, 2.05) is 13.0 Å². The van der Waals surface area contributed by atoms with Gasteiger partial charge in [0.1, 0.15) is 13.2 Å². The Morgan fingerprint density at radius 1 is 1.13 bits per heavy atom. The van der Waals surface area contributed by atoms with Crippen LogP contribution in [-0.2, 0) is 38.2 Å². The second-order valence-electron chi connectivity index (χ2n) is 13.2. The van der Waals surface area contributed by atoms with Gasteiger partial charge in [-0.15, -0.1) is 10.1 Å². The van der Waals surface area contributed by atoms with Gasteiger partial charge in [-0.25, -0.2) is 9.18 Å². The second kappa shape index (κ2) is 13.8. The van der Waals surface area contributed by atoms with Crippen molar-refractivity contribution in [1.29, 1.82) is 0 Å². The predicted octanol–water partition coefficient (Wildman–Crippen LogP) is 4.02. The van der Waals surface area contributed by atoms with Crippen LogP contribution in [0.2, 0.25) is 0 Å². The van der Waals surface area contributed by atoms with Crippen molar-refractivity contribution in [2.75, 3.05) is 33.0 Å². The van der Waals surface area contributed by atoms with Crippen LogP contribution >= 0.6 is 0 Å². The number of esters is 1. The molecule has 0 aliphatic heterocycles. The van der Waals surface area contributed by atoms with Gasteiger partial charge in [0, 0.05) is 35.5 Å². The molecule has 1 N–H and O–H groups in total. The molecule has 1 unspecified atom stereocenters. The van der Waals surface area contributed by atoms with Crippen molar-refractivity contribution in [2.24, 2.45) is 28.6 Å². The maximum absolute atomic E-state index is 17.6. The average Bonchev–Trinajstić information content (AvgIpc) is 3.21. The molecule has 46 heavy (non-hydrogen) atoms. The lowest BCUT2D eigenvalue weighted by Gasteiger charge is -2.62. The molecule has 0 bridgehead atoms. The minimum atomic E-state index is -2.14. The zero-order valence-electron chi connectivity index (χ0n) is 26.8. The first-order valence-electron chi connectivity index (χ1n) is 15.9. The van der Waals surface area contributed by atoms with Gasteiger partial charge in [0.05, 0.1) is 19.3 Å². The largest absolute Gasteiger partial charge is 0.508 e. The Kier molecular flexibility index (Phi) is 10.6. The van der Waals surface area contributed by atoms with Crippen LogP contribution in [-0.4, -0.2) is 84.3 Å². The normalized spacial score (nSPS) is 36.0. The van der Waals surface area contributed by atoms with Crippen molar-refractivity contribution in [1.82, 2.24) is 0 Å². The lowest BCUT2D eigenvalue weighted by Crippen LogP contribution is -2.69. The molecule has 0 radical (unpaired) electrons. The van der Waals surface area contributed by atoms with E-state index >= 15 is 4.39 Å². The molecule has 0 saturated heterocycles. The fraction of sp³-hybridized carbons (Fsp3) is 0.750. The van der Waals surface area contributed by atoms with Crippen molar-refractivity contribution >= 4 is 23.7 Å². The molecular formula is C32H44FNO12. The maximum Gasteiger partial charge on any atom is 0.508 e. The van der Waals surface area contributed by atoms with E-state index in [2.05, 4.69) is 4.84 Å². The van der Waals surface area contributed by atoms with E-state index in [-0.39, 0.29) is 57.9 Å². The van der Waals surface area contributed by atoms with Gasteiger partial charge in [0.25, 0.3) is 5.09 Å². The highest BCUT2D eigenvalue weighted by molar-refractivity contribution is 5.94. The number of alkyl halides is 1. The standard InChI is InChI=1S/C32H44FNO12/c1-5-6-7-27(38)46-32(26(37)19-44-28(39)43-14-12-42-13-15-45-34(40)41)20(2)16-24-23-9-8-21-17-22(35)10-11-29(21,3)31(23,33)25(36)18-30(24,32)4/h8,10-11,20,23-25,36H,5-7,9,12-19H2,1-4H3/t20-,23?,24-,25-,29-,30-,31-,32-/m0/s1. The number of ether oxygens (including phenoxy) is 4. The number of halogens is 1. The summed E-state index contributed by atoms with van der Waals surface area (Å²) in [4.78, 5) is 66.2. The number of ketones is 2. The van der Waals surface area contributed by atoms with Crippen LogP contribution in [0.15, 0.2) is 23.8 Å². The number of hydrogen-bond donors (Lipinski definition) is 1. The molecular weight excluding hydrogens is 609 g/mol. The van der Waals surface area contributed by atoms with Crippen molar-refractivity contribution in [3.8, 4) is 0 Å². The van der Waals surface area contributed by atoms with E-state index < -0.39 is 75.6 Å². The number of Topliss-reactive ketones (excluding diaryl/α,β-unsaturated/α-hetero) is 1. The Balaban J connectivity index is 1.55. The van der Waals surface area contributed by atoms with Gasteiger partial charge in [-0.1, -0.05) is 44.9 Å². The number of aliphatic hydroxyl groups excluding tert-OH is 1. The minimum absolute atomic E-state index is 0.0522. The molecule has 0 heterocycles. The first kappa shape index (κ1) is 35.5. The van der Waals surface area contributed by atoms with Crippen molar-refractivity contribution < 1.29 is 57.5 Å². The van der Waals surface area contributed by atoms with Crippen LogP contribution in [0.25, 0.3) is 0 Å². The number of carbonyl (C=O) groups excluding carboxylic acids is 4. The van der Waals surface area contributed by atoms with E-state index in [1.54, 1.807) is 26.8 Å². The van der Waals surface area contributed by atoms with Crippen molar-refractivity contribution in [3.63, 3.8) is 0 Å². The van der Waals surface area contributed by atoms with Crippen LogP contribution < -0.4 is 0 Å². The molecule has 0 aromatic carbocycles. The third-order valence-corrected chi connectivity index (χ3v) is 10.8. The fourth-order valence-electron chi connectivity index (χ4n) is 8.59. The van der Waals surface area contributed by atoms with Gasteiger partial charge in [0.2, 0.25) is 5.78 Å². The Labute approximate surface area is 266 Å². The Hall–Kier alpha value is -3.39. The average molecular weight is 654 g/mol. The minimum Gasteiger partial charge on any atom is -0.450 e. The molecule has 2 fully saturated rings. The number of aliphatic hydroxyl groups is 1. The smallest absolute Gasteiger partial charge is 0.450 e. The molecule has 0 spiro atoms. The van der Waals surface area contributed by atoms with Gasteiger partial charge in [-0.2, -0.15) is 0 Å². The number of allylic oxidation sites excluding steroid dienone is 4. The van der Waals surface area contributed by atoms with Crippen molar-refractivity contribution in [3.05, 3.63) is 33.9 Å². The molecule has 13 nitrogen and oxygen atoms in total. The summed E-state index contributed by atoms with van der Waals surface area (Å²) in [6.07, 6.45) is 3.77. The van der Waals surface area contributed by atoms with E-state index in [1.165, 1.54) is 6.08 Å². The second-order valence-corrected chi connectivity index (χ2v) is 13.2. The third-order valence-electron chi connectivity index (χ3n) is 10.8. The number of unbranched alkanes of at least 4 members (excludes halogenated alkanes) is 1. The summed E-state index contributed by atoms with van der Waals surface area (Å²) < 4.78 is 38.9. The maximum atomic E-state index is 17.6. The van der Waals surface area contributed by atoms with Crippen LogP contribution in [0.1, 0.15) is 72.6 Å². The van der Waals surface area contributed by atoms with E-state index in [0.29, 0.717) is 24.8 Å². The molecule has 0 amide bonds.